The molecular weight excluding hydrogens is 472 g/mol. The van der Waals surface area contributed by atoms with Crippen molar-refractivity contribution in [2.75, 3.05) is 6.61 Å². The molecule has 192 valence electrons. The van der Waals surface area contributed by atoms with Crippen LogP contribution in [-0.4, -0.2) is 47.2 Å². The van der Waals surface area contributed by atoms with Gasteiger partial charge < -0.3 is 14.9 Å². The normalized spacial score (nSPS) is 12.4. The average Bonchev–Trinajstić information content (AvgIpc) is 2.88. The van der Waals surface area contributed by atoms with Gasteiger partial charge in [-0.1, -0.05) is 26.8 Å². The van der Waals surface area contributed by atoms with E-state index in [0.717, 1.165) is 5.56 Å². The Kier molecular flexibility index (Phi) is 9.12. The first kappa shape index (κ1) is 27.1. The molecule has 2 amide bonds. The molecule has 0 aliphatic carbocycles. The zero-order chi connectivity index (χ0) is 26.8. The smallest absolute Gasteiger partial charge is 0.271 e. The van der Waals surface area contributed by atoms with Crippen molar-refractivity contribution in [3.05, 3.63) is 95.1 Å². The molecule has 0 spiro atoms. The Hall–Kier alpha value is -4.50. The maximum absolute atomic E-state index is 12.5. The molecule has 0 saturated carbocycles. The molecule has 4 N–H and O–H groups in total. The van der Waals surface area contributed by atoms with Crippen molar-refractivity contribution in [2.24, 2.45) is 15.6 Å². The van der Waals surface area contributed by atoms with E-state index < -0.39 is 17.9 Å². The van der Waals surface area contributed by atoms with Crippen LogP contribution >= 0.6 is 0 Å². The Balaban J connectivity index is 1.51. The third kappa shape index (κ3) is 8.59. The highest BCUT2D eigenvalue weighted by atomic mass is 16.5. The molecule has 3 rings (SSSR count). The van der Waals surface area contributed by atoms with Gasteiger partial charge in [-0.25, -0.2) is 10.9 Å². The minimum Gasteiger partial charge on any atom is -0.508 e. The summed E-state index contributed by atoms with van der Waals surface area (Å²) in [5, 5.41) is 27.2. The summed E-state index contributed by atoms with van der Waals surface area (Å²) in [6.45, 7) is 6.01. The van der Waals surface area contributed by atoms with E-state index >= 15 is 0 Å². The summed E-state index contributed by atoms with van der Waals surface area (Å²) in [6.07, 6.45) is 2.34. The lowest BCUT2D eigenvalue weighted by atomic mass is 9.90. The number of carbonyl (C=O) groups is 2. The molecule has 0 heterocycles. The van der Waals surface area contributed by atoms with E-state index in [1.807, 2.05) is 20.8 Å². The van der Waals surface area contributed by atoms with Crippen LogP contribution in [0.5, 0.6) is 11.5 Å². The van der Waals surface area contributed by atoms with E-state index in [2.05, 4.69) is 21.1 Å². The molecule has 37 heavy (non-hydrogen) atoms. The van der Waals surface area contributed by atoms with Gasteiger partial charge in [0.15, 0.2) is 0 Å². The van der Waals surface area contributed by atoms with Crippen LogP contribution in [0.25, 0.3) is 0 Å². The first-order chi connectivity index (χ1) is 17.6. The van der Waals surface area contributed by atoms with Gasteiger partial charge in [0.1, 0.15) is 18.1 Å². The van der Waals surface area contributed by atoms with Gasteiger partial charge in [-0.3, -0.25) is 9.59 Å². The second-order valence-electron chi connectivity index (χ2n) is 9.33. The lowest BCUT2D eigenvalue weighted by Crippen LogP contribution is -2.31. The van der Waals surface area contributed by atoms with Crippen LogP contribution in [0.2, 0.25) is 0 Å². The second-order valence-corrected chi connectivity index (χ2v) is 9.33. The van der Waals surface area contributed by atoms with Gasteiger partial charge in [-0.15, -0.1) is 0 Å². The van der Waals surface area contributed by atoms with E-state index in [9.17, 15) is 19.8 Å². The number of hydrazone groups is 2. The van der Waals surface area contributed by atoms with Gasteiger partial charge in [0.25, 0.3) is 11.8 Å². The van der Waals surface area contributed by atoms with Crippen LogP contribution in [0.3, 0.4) is 0 Å². The van der Waals surface area contributed by atoms with Crippen molar-refractivity contribution in [3.8, 4) is 11.5 Å². The number of aromatic hydroxyl groups is 1. The number of ether oxygens (including phenoxy) is 1. The number of carbonyl (C=O) groups excluding carboxylic acids is 2. The topological polar surface area (TPSA) is 133 Å². The molecule has 0 radical (unpaired) electrons. The quantitative estimate of drug-likeness (QED) is 0.262. The maximum atomic E-state index is 12.5. The molecule has 0 aliphatic rings. The van der Waals surface area contributed by atoms with Crippen molar-refractivity contribution in [2.45, 2.75) is 26.9 Å². The summed E-state index contributed by atoms with van der Waals surface area (Å²) >= 11 is 0. The fraction of sp³-hybridized carbons (Fsp3) is 0.214. The van der Waals surface area contributed by atoms with Crippen molar-refractivity contribution in [1.29, 1.82) is 0 Å². The van der Waals surface area contributed by atoms with E-state index in [4.69, 9.17) is 4.74 Å². The summed E-state index contributed by atoms with van der Waals surface area (Å²) in [4.78, 5) is 24.8. The number of benzene rings is 3. The summed E-state index contributed by atoms with van der Waals surface area (Å²) in [7, 11) is 0. The zero-order valence-electron chi connectivity index (χ0n) is 20.9. The van der Waals surface area contributed by atoms with Crippen LogP contribution in [-0.2, 0) is 0 Å². The second kappa shape index (κ2) is 12.5. The van der Waals surface area contributed by atoms with Crippen molar-refractivity contribution >= 4 is 24.2 Å². The molecule has 0 bridgehead atoms. The fourth-order valence-corrected chi connectivity index (χ4v) is 2.90. The molecule has 3 aromatic rings. The maximum Gasteiger partial charge on any atom is 0.271 e. The monoisotopic (exact) mass is 502 g/mol. The molecule has 9 heteroatoms. The minimum atomic E-state index is -0.591. The number of phenolic OH excluding ortho intramolecular Hbond substituents is 1. The molecule has 9 nitrogen and oxygen atoms in total. The lowest BCUT2D eigenvalue weighted by Gasteiger charge is -2.25. The number of hydrogen-bond acceptors (Lipinski definition) is 7. The largest absolute Gasteiger partial charge is 0.508 e. The highest BCUT2D eigenvalue weighted by Gasteiger charge is 2.22. The highest BCUT2D eigenvalue weighted by molar-refractivity contribution is 6.00. The van der Waals surface area contributed by atoms with E-state index in [-0.39, 0.29) is 28.9 Å². The van der Waals surface area contributed by atoms with Gasteiger partial charge in [-0.05, 0) is 83.3 Å². The predicted molar refractivity (Wildman–Crippen MR) is 142 cm³/mol. The average molecular weight is 503 g/mol. The van der Waals surface area contributed by atoms with E-state index in [1.54, 1.807) is 54.6 Å². The molecule has 0 aliphatic heterocycles. The standard InChI is InChI=1S/C28H30N4O5/c1-28(2,3)25(34)18-37-24-13-9-20(10-14-24)17-30-32-27(36)22-6-4-5-21(15-22)26(35)31-29-16-19-7-11-23(33)12-8-19/h4-17,25,33-34H,18H2,1-3H3,(H,31,35)(H,32,36)/b29-16+,30-17+. The SMILES string of the molecule is CC(C)(C)C(O)COc1ccc(/C=N/NC(=O)c2cccc(C(=O)N/N=C/c3ccc(O)cc3)c2)cc1. The molecular formula is C28H30N4O5. The van der Waals surface area contributed by atoms with E-state index in [0.29, 0.717) is 11.3 Å². The summed E-state index contributed by atoms with van der Waals surface area (Å²) in [5.41, 5.74) is 6.53. The van der Waals surface area contributed by atoms with Gasteiger partial charge in [0.05, 0.1) is 18.5 Å². The van der Waals surface area contributed by atoms with Crippen molar-refractivity contribution in [1.82, 2.24) is 10.9 Å². The summed E-state index contributed by atoms with van der Waals surface area (Å²) in [5.74, 6) is -0.205. The Morgan fingerprint density at radius 3 is 1.84 bits per heavy atom. The van der Waals surface area contributed by atoms with Crippen molar-refractivity contribution in [3.63, 3.8) is 0 Å². The zero-order valence-corrected chi connectivity index (χ0v) is 20.9. The third-order valence-corrected chi connectivity index (χ3v) is 5.33. The Labute approximate surface area is 215 Å². The summed E-state index contributed by atoms with van der Waals surface area (Å²) in [6, 6.07) is 19.6. The lowest BCUT2D eigenvalue weighted by molar-refractivity contribution is 0.0218. The molecule has 0 saturated heterocycles. The molecule has 1 unspecified atom stereocenters. The third-order valence-electron chi connectivity index (χ3n) is 5.33. The molecule has 1 atom stereocenters. The number of nitrogens with one attached hydrogen (secondary N) is 2. The molecule has 0 aromatic heterocycles. The number of phenols is 1. The van der Waals surface area contributed by atoms with Crippen LogP contribution in [0.1, 0.15) is 52.6 Å². The fourth-order valence-electron chi connectivity index (χ4n) is 2.90. The van der Waals surface area contributed by atoms with Gasteiger partial charge in [-0.2, -0.15) is 10.2 Å². The van der Waals surface area contributed by atoms with Crippen LogP contribution in [0, 0.1) is 5.41 Å². The minimum absolute atomic E-state index is 0.136. The Morgan fingerprint density at radius 2 is 1.35 bits per heavy atom. The van der Waals surface area contributed by atoms with Crippen LogP contribution < -0.4 is 15.6 Å². The Bertz CT molecular complexity index is 1260. The predicted octanol–water partition coefficient (Wildman–Crippen LogP) is 3.71. The molecule has 3 aromatic carbocycles. The first-order valence-corrected chi connectivity index (χ1v) is 11.6. The van der Waals surface area contributed by atoms with Gasteiger partial charge in [0, 0.05) is 11.1 Å². The van der Waals surface area contributed by atoms with E-state index in [1.165, 1.54) is 30.6 Å². The number of hydrogen-bond donors (Lipinski definition) is 4. The number of nitrogens with zero attached hydrogens (tertiary/aromatic N) is 2. The number of aliphatic hydroxyl groups excluding tert-OH is 1. The van der Waals surface area contributed by atoms with Crippen molar-refractivity contribution < 1.29 is 24.5 Å². The number of rotatable bonds is 9. The van der Waals surface area contributed by atoms with Gasteiger partial charge >= 0.3 is 0 Å². The summed E-state index contributed by atoms with van der Waals surface area (Å²) < 4.78 is 5.62. The van der Waals surface area contributed by atoms with Crippen LogP contribution in [0.15, 0.2) is 83.0 Å². The van der Waals surface area contributed by atoms with Crippen LogP contribution in [0.4, 0.5) is 0 Å². The number of aliphatic hydroxyl groups is 1. The molecule has 0 fully saturated rings. The van der Waals surface area contributed by atoms with Gasteiger partial charge in [0.2, 0.25) is 0 Å². The first-order valence-electron chi connectivity index (χ1n) is 11.6. The Morgan fingerprint density at radius 1 is 0.865 bits per heavy atom. The highest BCUT2D eigenvalue weighted by Crippen LogP contribution is 2.20. The number of amides is 2.